The fourth-order valence-electron chi connectivity index (χ4n) is 2.21. The molecular weight excluding hydrogens is 260 g/mol. The molecule has 0 aromatic carbocycles. The van der Waals surface area contributed by atoms with Gasteiger partial charge in [0.2, 0.25) is 5.91 Å². The first-order valence-corrected chi connectivity index (χ1v) is 7.19. The molecule has 0 aromatic heterocycles. The highest BCUT2D eigenvalue weighted by atomic mass is 16.4. The maximum atomic E-state index is 12.0. The molecule has 0 saturated heterocycles. The van der Waals surface area contributed by atoms with Gasteiger partial charge in [0.1, 0.15) is 12.2 Å². The molecule has 20 heavy (non-hydrogen) atoms. The van der Waals surface area contributed by atoms with E-state index < -0.39 is 18.3 Å². The number of nitrogens with zero attached hydrogens (tertiary/aromatic N) is 1. The summed E-state index contributed by atoms with van der Waals surface area (Å²) in [6.07, 6.45) is -2.11. The largest absolute Gasteiger partial charge is 0.390 e. The van der Waals surface area contributed by atoms with Gasteiger partial charge in [-0.25, -0.2) is 0 Å². The maximum Gasteiger partial charge on any atom is 0.247 e. The van der Waals surface area contributed by atoms with E-state index in [1.807, 2.05) is 0 Å². The molecule has 0 bridgehead atoms. The van der Waals surface area contributed by atoms with Gasteiger partial charge in [-0.15, -0.1) is 0 Å². The Morgan fingerprint density at radius 3 is 2.45 bits per heavy atom. The summed E-state index contributed by atoms with van der Waals surface area (Å²) in [5, 5.41) is 31.3. The number of hydrogen-bond donors (Lipinski definition) is 4. The van der Waals surface area contributed by atoms with Crippen LogP contribution in [-0.4, -0.2) is 77.2 Å². The number of aliphatic hydroxyl groups excluding tert-OH is 3. The number of amides is 1. The van der Waals surface area contributed by atoms with Crippen LogP contribution in [-0.2, 0) is 4.79 Å². The van der Waals surface area contributed by atoms with E-state index in [9.17, 15) is 20.1 Å². The van der Waals surface area contributed by atoms with Crippen molar-refractivity contribution in [2.75, 3.05) is 33.2 Å². The van der Waals surface area contributed by atoms with Crippen LogP contribution in [0.5, 0.6) is 0 Å². The molecule has 0 aliphatic heterocycles. The van der Waals surface area contributed by atoms with Crippen molar-refractivity contribution < 1.29 is 24.6 Å². The Balaban J connectivity index is 2.50. The summed E-state index contributed by atoms with van der Waals surface area (Å²) in [6, 6.07) is 0. The second-order valence-corrected chi connectivity index (χ2v) is 5.68. The van der Waals surface area contributed by atoms with Crippen molar-refractivity contribution in [1.82, 2.24) is 5.32 Å². The van der Waals surface area contributed by atoms with Gasteiger partial charge in [0.25, 0.3) is 0 Å². The molecule has 0 spiro atoms. The van der Waals surface area contributed by atoms with Gasteiger partial charge in [-0.05, 0) is 19.9 Å². The Morgan fingerprint density at radius 2 is 1.95 bits per heavy atom. The number of likely N-dealkylation sites (N-methyl/N-ethyl adjacent to an activating group) is 1. The highest BCUT2D eigenvalue weighted by molar-refractivity contribution is 5.93. The van der Waals surface area contributed by atoms with E-state index in [1.165, 1.54) is 6.08 Å². The number of nitrogens with one attached hydrogen (secondary N) is 1. The van der Waals surface area contributed by atoms with Crippen molar-refractivity contribution in [2.24, 2.45) is 0 Å². The van der Waals surface area contributed by atoms with Crippen LogP contribution in [0.15, 0.2) is 11.6 Å². The Hall–Kier alpha value is -0.950. The van der Waals surface area contributed by atoms with Crippen molar-refractivity contribution >= 4 is 5.91 Å². The Labute approximate surface area is 120 Å². The van der Waals surface area contributed by atoms with E-state index in [-0.39, 0.29) is 12.3 Å². The van der Waals surface area contributed by atoms with E-state index >= 15 is 0 Å². The average molecular weight is 287 g/mol. The first-order valence-electron chi connectivity index (χ1n) is 7.19. The molecule has 0 heterocycles. The first-order chi connectivity index (χ1) is 9.33. The number of rotatable bonds is 6. The third-order valence-electron chi connectivity index (χ3n) is 4.30. The molecule has 116 valence electrons. The number of carbonyl (C=O) groups is 1. The highest BCUT2D eigenvalue weighted by Crippen LogP contribution is 2.19. The molecule has 4 N–H and O–H groups in total. The van der Waals surface area contributed by atoms with E-state index in [2.05, 4.69) is 26.2 Å². The van der Waals surface area contributed by atoms with Gasteiger partial charge in [0, 0.05) is 12.0 Å². The lowest BCUT2D eigenvalue weighted by Gasteiger charge is -2.32. The van der Waals surface area contributed by atoms with Crippen LogP contribution in [0.25, 0.3) is 0 Å². The molecule has 1 amide bonds. The number of quaternary nitrogens is 1. The summed E-state index contributed by atoms with van der Waals surface area (Å²) in [5.74, 6) is -0.284. The molecule has 1 rings (SSSR count). The molecular formula is C14H27N2O4+. The Bertz CT molecular complexity index is 366. The third kappa shape index (κ3) is 4.28. The van der Waals surface area contributed by atoms with Gasteiger partial charge >= 0.3 is 0 Å². The molecule has 6 heteroatoms. The van der Waals surface area contributed by atoms with E-state index in [4.69, 9.17) is 0 Å². The van der Waals surface area contributed by atoms with Crippen molar-refractivity contribution in [3.63, 3.8) is 0 Å². The van der Waals surface area contributed by atoms with Crippen LogP contribution in [0.1, 0.15) is 20.3 Å². The second-order valence-electron chi connectivity index (χ2n) is 5.68. The highest BCUT2D eigenvalue weighted by Gasteiger charge is 2.31. The zero-order valence-corrected chi connectivity index (χ0v) is 12.5. The fraction of sp³-hybridized carbons (Fsp3) is 0.786. The minimum Gasteiger partial charge on any atom is -0.390 e. The third-order valence-corrected chi connectivity index (χ3v) is 4.30. The molecule has 0 aromatic rings. The van der Waals surface area contributed by atoms with Crippen LogP contribution in [0.4, 0.5) is 0 Å². The summed E-state index contributed by atoms with van der Waals surface area (Å²) in [4.78, 5) is 12.0. The lowest BCUT2D eigenvalue weighted by Crippen LogP contribution is -2.49. The predicted molar refractivity (Wildman–Crippen MR) is 75.9 cm³/mol. The topological polar surface area (TPSA) is 89.8 Å². The molecule has 1 aliphatic rings. The number of carbonyl (C=O) groups excluding carboxylic acids is 1. The fourth-order valence-corrected chi connectivity index (χ4v) is 2.21. The predicted octanol–water partition coefficient (Wildman–Crippen LogP) is -0.998. The lowest BCUT2D eigenvalue weighted by molar-refractivity contribution is -0.904. The van der Waals surface area contributed by atoms with E-state index in [1.54, 1.807) is 0 Å². The zero-order chi connectivity index (χ0) is 15.3. The van der Waals surface area contributed by atoms with Crippen molar-refractivity contribution in [3.8, 4) is 0 Å². The van der Waals surface area contributed by atoms with E-state index in [0.29, 0.717) is 12.1 Å². The van der Waals surface area contributed by atoms with Gasteiger partial charge in [-0.2, -0.15) is 0 Å². The van der Waals surface area contributed by atoms with Crippen molar-refractivity contribution in [2.45, 2.75) is 38.6 Å². The second kappa shape index (κ2) is 7.17. The SMILES string of the molecule is CC[N+](C)(CC)CCNC(=O)C1=C[C@@H](O)[C@@H](O)[C@H](O)C1. The quantitative estimate of drug-likeness (QED) is 0.472. The first kappa shape index (κ1) is 17.1. The molecule has 0 saturated carbocycles. The molecule has 0 unspecified atom stereocenters. The summed E-state index contributed by atoms with van der Waals surface area (Å²) in [5.41, 5.74) is 0.331. The summed E-state index contributed by atoms with van der Waals surface area (Å²) >= 11 is 0. The van der Waals surface area contributed by atoms with Gasteiger partial charge in [-0.3, -0.25) is 4.79 Å². The van der Waals surface area contributed by atoms with Crippen LogP contribution < -0.4 is 5.32 Å². The Morgan fingerprint density at radius 1 is 1.35 bits per heavy atom. The molecule has 0 fully saturated rings. The summed E-state index contributed by atoms with van der Waals surface area (Å²) < 4.78 is 0.878. The Kier molecular flexibility index (Phi) is 6.13. The van der Waals surface area contributed by atoms with Crippen LogP contribution in [0.2, 0.25) is 0 Å². The molecule has 3 atom stereocenters. The molecule has 1 aliphatic carbocycles. The van der Waals surface area contributed by atoms with Gasteiger partial charge in [0.15, 0.2) is 0 Å². The van der Waals surface area contributed by atoms with Crippen LogP contribution >= 0.6 is 0 Å². The van der Waals surface area contributed by atoms with Gasteiger partial charge in [-0.1, -0.05) is 0 Å². The van der Waals surface area contributed by atoms with E-state index in [0.717, 1.165) is 24.1 Å². The van der Waals surface area contributed by atoms with Crippen LogP contribution in [0, 0.1) is 0 Å². The monoisotopic (exact) mass is 287 g/mol. The molecule has 0 radical (unpaired) electrons. The minimum atomic E-state index is -1.22. The zero-order valence-electron chi connectivity index (χ0n) is 12.5. The average Bonchev–Trinajstić information content (AvgIpc) is 2.43. The van der Waals surface area contributed by atoms with Crippen molar-refractivity contribution in [3.05, 3.63) is 11.6 Å². The summed E-state index contributed by atoms with van der Waals surface area (Å²) in [7, 11) is 2.13. The van der Waals surface area contributed by atoms with Gasteiger partial charge in [0.05, 0.1) is 39.3 Å². The molecule has 6 nitrogen and oxygen atoms in total. The van der Waals surface area contributed by atoms with Gasteiger partial charge < -0.3 is 25.1 Å². The van der Waals surface area contributed by atoms with Crippen LogP contribution in [0.3, 0.4) is 0 Å². The lowest BCUT2D eigenvalue weighted by atomic mass is 9.92. The number of hydrogen-bond acceptors (Lipinski definition) is 4. The smallest absolute Gasteiger partial charge is 0.247 e. The standard InChI is InChI=1S/C14H26N2O4/c1-4-16(3,5-2)7-6-15-14(20)10-8-11(17)13(19)12(18)9-10/h8,11-13,17-19H,4-7,9H2,1-3H3/p+1/t11-,12-,13-/m1/s1. The summed E-state index contributed by atoms with van der Waals surface area (Å²) in [6.45, 7) is 7.60. The minimum absolute atomic E-state index is 0.0672. The maximum absolute atomic E-state index is 12.0. The number of aliphatic hydroxyl groups is 3. The van der Waals surface area contributed by atoms with Crippen molar-refractivity contribution in [1.29, 1.82) is 0 Å². The normalized spacial score (nSPS) is 27.1.